The van der Waals surface area contributed by atoms with E-state index in [9.17, 15) is 0 Å². The first-order valence-corrected chi connectivity index (χ1v) is 4.71. The van der Waals surface area contributed by atoms with Gasteiger partial charge in [0.05, 0.1) is 11.6 Å². The minimum Gasteiger partial charge on any atom is -0.383 e. The molecule has 1 aromatic rings. The van der Waals surface area contributed by atoms with Gasteiger partial charge >= 0.3 is 0 Å². The molecular formula is C9H14ClN3O. The average molecular weight is 216 g/mol. The second-order valence-electron chi connectivity index (χ2n) is 2.87. The maximum absolute atomic E-state index is 5.79. The topological polar surface area (TPSA) is 60.2 Å². The zero-order valence-corrected chi connectivity index (χ0v) is 8.84. The van der Waals surface area contributed by atoms with Crippen molar-refractivity contribution in [2.45, 2.75) is 6.54 Å². The number of halogens is 1. The van der Waals surface area contributed by atoms with E-state index in [1.165, 1.54) is 6.20 Å². The Hall–Kier alpha value is -0.840. The molecule has 14 heavy (non-hydrogen) atoms. The molecule has 1 rings (SSSR count). The molecule has 5 heteroatoms. The largest absolute Gasteiger partial charge is 0.383 e. The average Bonchev–Trinajstić information content (AvgIpc) is 2.18. The number of nitrogen functional groups attached to an aromatic ring is 1. The number of hydrogen-bond donors (Lipinski definition) is 2. The van der Waals surface area contributed by atoms with E-state index in [1.807, 2.05) is 6.07 Å². The summed E-state index contributed by atoms with van der Waals surface area (Å²) in [5, 5.41) is 3.77. The molecule has 0 saturated carbocycles. The Morgan fingerprint density at radius 2 is 2.43 bits per heavy atom. The fourth-order valence-corrected chi connectivity index (χ4v) is 1.21. The number of rotatable bonds is 5. The lowest BCUT2D eigenvalue weighted by molar-refractivity contribution is 0.199. The number of hydrogen-bond acceptors (Lipinski definition) is 4. The molecule has 0 unspecified atom stereocenters. The van der Waals surface area contributed by atoms with Crippen LogP contribution < -0.4 is 11.1 Å². The third-order valence-corrected chi connectivity index (χ3v) is 1.97. The number of ether oxygens (including phenoxy) is 1. The van der Waals surface area contributed by atoms with Gasteiger partial charge in [0.2, 0.25) is 0 Å². The number of pyridine rings is 1. The van der Waals surface area contributed by atoms with Crippen molar-refractivity contribution in [1.29, 1.82) is 0 Å². The number of aromatic nitrogens is 1. The summed E-state index contributed by atoms with van der Waals surface area (Å²) >= 11 is 5.79. The van der Waals surface area contributed by atoms with Gasteiger partial charge in [-0.2, -0.15) is 0 Å². The second-order valence-corrected chi connectivity index (χ2v) is 3.30. The van der Waals surface area contributed by atoms with Gasteiger partial charge in [-0.25, -0.2) is 4.98 Å². The van der Waals surface area contributed by atoms with Crippen molar-refractivity contribution in [2.24, 2.45) is 0 Å². The van der Waals surface area contributed by atoms with Crippen LogP contribution in [0, 0.1) is 0 Å². The quantitative estimate of drug-likeness (QED) is 0.721. The van der Waals surface area contributed by atoms with Crippen molar-refractivity contribution >= 4 is 17.4 Å². The van der Waals surface area contributed by atoms with Gasteiger partial charge in [0.1, 0.15) is 5.82 Å². The van der Waals surface area contributed by atoms with Gasteiger partial charge in [-0.15, -0.1) is 0 Å². The molecule has 1 heterocycles. The van der Waals surface area contributed by atoms with E-state index in [1.54, 1.807) is 7.11 Å². The number of nitrogens with two attached hydrogens (primary N) is 1. The molecule has 78 valence electrons. The minimum atomic E-state index is 0.513. The maximum atomic E-state index is 5.79. The van der Waals surface area contributed by atoms with Crippen LogP contribution in [0.3, 0.4) is 0 Å². The van der Waals surface area contributed by atoms with Crippen molar-refractivity contribution in [3.05, 3.63) is 22.8 Å². The standard InChI is InChI=1S/C9H14ClN3O/c1-14-3-2-12-5-7-4-8(10)6-13-9(7)11/h4,6,12H,2-3,5H2,1H3,(H2,11,13). The van der Waals surface area contributed by atoms with E-state index in [4.69, 9.17) is 22.1 Å². The van der Waals surface area contributed by atoms with Crippen LogP contribution in [0.25, 0.3) is 0 Å². The summed E-state index contributed by atoms with van der Waals surface area (Å²) in [7, 11) is 1.66. The zero-order valence-electron chi connectivity index (χ0n) is 8.09. The van der Waals surface area contributed by atoms with E-state index in [0.29, 0.717) is 24.0 Å². The van der Waals surface area contributed by atoms with Crippen molar-refractivity contribution in [2.75, 3.05) is 26.0 Å². The SMILES string of the molecule is COCCNCc1cc(Cl)cnc1N. The molecule has 0 saturated heterocycles. The zero-order chi connectivity index (χ0) is 10.4. The molecule has 0 fully saturated rings. The smallest absolute Gasteiger partial charge is 0.127 e. The van der Waals surface area contributed by atoms with Crippen LogP contribution in [0.4, 0.5) is 5.82 Å². The van der Waals surface area contributed by atoms with Crippen LogP contribution in [0.15, 0.2) is 12.3 Å². The van der Waals surface area contributed by atoms with Gasteiger partial charge < -0.3 is 15.8 Å². The molecule has 1 aromatic heterocycles. The summed E-state index contributed by atoms with van der Waals surface area (Å²) in [6, 6.07) is 1.81. The highest BCUT2D eigenvalue weighted by atomic mass is 35.5. The predicted molar refractivity (Wildman–Crippen MR) is 57.2 cm³/mol. The first kappa shape index (κ1) is 11.2. The van der Waals surface area contributed by atoms with Crippen molar-refractivity contribution < 1.29 is 4.74 Å². The summed E-state index contributed by atoms with van der Waals surface area (Å²) in [4.78, 5) is 3.95. The van der Waals surface area contributed by atoms with Gasteiger partial charge in [-0.1, -0.05) is 11.6 Å². The third kappa shape index (κ3) is 3.49. The monoisotopic (exact) mass is 215 g/mol. The number of nitrogens with zero attached hydrogens (tertiary/aromatic N) is 1. The molecule has 3 N–H and O–H groups in total. The molecule has 0 aliphatic carbocycles. The highest BCUT2D eigenvalue weighted by Crippen LogP contribution is 2.14. The molecular weight excluding hydrogens is 202 g/mol. The Kier molecular flexibility index (Phi) is 4.65. The van der Waals surface area contributed by atoms with Gasteiger partial charge in [0.25, 0.3) is 0 Å². The van der Waals surface area contributed by atoms with Crippen LogP contribution >= 0.6 is 11.6 Å². The molecule has 0 atom stereocenters. The van der Waals surface area contributed by atoms with E-state index in [2.05, 4.69) is 10.3 Å². The van der Waals surface area contributed by atoms with Crippen LogP contribution in [0.5, 0.6) is 0 Å². The van der Waals surface area contributed by atoms with Crippen molar-refractivity contribution in [1.82, 2.24) is 10.3 Å². The lowest BCUT2D eigenvalue weighted by Crippen LogP contribution is -2.19. The molecule has 0 radical (unpaired) electrons. The Morgan fingerprint density at radius 1 is 1.64 bits per heavy atom. The van der Waals surface area contributed by atoms with Gasteiger partial charge in [0.15, 0.2) is 0 Å². The molecule has 0 spiro atoms. The van der Waals surface area contributed by atoms with Gasteiger partial charge in [-0.05, 0) is 6.07 Å². The highest BCUT2D eigenvalue weighted by molar-refractivity contribution is 6.30. The summed E-state index contributed by atoms with van der Waals surface area (Å²) in [5.74, 6) is 0.513. The Balaban J connectivity index is 2.45. The Labute approximate surface area is 88.4 Å². The fourth-order valence-electron chi connectivity index (χ4n) is 1.03. The lowest BCUT2D eigenvalue weighted by atomic mass is 10.2. The summed E-state index contributed by atoms with van der Waals surface area (Å²) < 4.78 is 4.90. The van der Waals surface area contributed by atoms with E-state index in [-0.39, 0.29) is 0 Å². The second kappa shape index (κ2) is 5.80. The molecule has 0 aliphatic heterocycles. The van der Waals surface area contributed by atoms with E-state index < -0.39 is 0 Å². The molecule has 4 nitrogen and oxygen atoms in total. The third-order valence-electron chi connectivity index (χ3n) is 1.77. The highest BCUT2D eigenvalue weighted by Gasteiger charge is 2.00. The van der Waals surface area contributed by atoms with Gasteiger partial charge in [-0.3, -0.25) is 0 Å². The maximum Gasteiger partial charge on any atom is 0.127 e. The van der Waals surface area contributed by atoms with E-state index >= 15 is 0 Å². The predicted octanol–water partition coefficient (Wildman–Crippen LogP) is 1.05. The molecule has 0 aliphatic rings. The Morgan fingerprint density at radius 3 is 3.14 bits per heavy atom. The Bertz CT molecular complexity index is 293. The van der Waals surface area contributed by atoms with Crippen LogP contribution in [0.2, 0.25) is 5.02 Å². The fraction of sp³-hybridized carbons (Fsp3) is 0.444. The molecule has 0 bridgehead atoms. The summed E-state index contributed by atoms with van der Waals surface area (Å²) in [5.41, 5.74) is 6.57. The number of anilines is 1. The van der Waals surface area contributed by atoms with Crippen molar-refractivity contribution in [3.8, 4) is 0 Å². The number of methoxy groups -OCH3 is 1. The number of nitrogens with one attached hydrogen (secondary N) is 1. The lowest BCUT2D eigenvalue weighted by Gasteiger charge is -2.06. The van der Waals surface area contributed by atoms with Crippen LogP contribution in [-0.4, -0.2) is 25.2 Å². The van der Waals surface area contributed by atoms with E-state index in [0.717, 1.165) is 12.1 Å². The first-order chi connectivity index (χ1) is 6.74. The van der Waals surface area contributed by atoms with Crippen LogP contribution in [-0.2, 0) is 11.3 Å². The normalized spacial score (nSPS) is 10.4. The van der Waals surface area contributed by atoms with Crippen LogP contribution in [0.1, 0.15) is 5.56 Å². The first-order valence-electron chi connectivity index (χ1n) is 4.33. The van der Waals surface area contributed by atoms with Gasteiger partial charge in [0, 0.05) is 32.0 Å². The van der Waals surface area contributed by atoms with Crippen molar-refractivity contribution in [3.63, 3.8) is 0 Å². The summed E-state index contributed by atoms with van der Waals surface area (Å²) in [6.45, 7) is 2.11. The minimum absolute atomic E-state index is 0.513. The summed E-state index contributed by atoms with van der Waals surface area (Å²) in [6.07, 6.45) is 1.54. The molecule has 0 aromatic carbocycles. The molecule has 0 amide bonds.